The molecule has 0 aliphatic heterocycles. The van der Waals surface area contributed by atoms with E-state index in [2.05, 4.69) is 12.0 Å². The van der Waals surface area contributed by atoms with Crippen molar-refractivity contribution in [3.63, 3.8) is 0 Å². The van der Waals surface area contributed by atoms with Crippen LogP contribution in [0.25, 0.3) is 0 Å². The normalized spacial score (nSPS) is 10.6. The zero-order chi connectivity index (χ0) is 14.6. The lowest BCUT2D eigenvalue weighted by Crippen LogP contribution is -2.38. The first-order chi connectivity index (χ1) is 8.92. The van der Waals surface area contributed by atoms with Gasteiger partial charge in [-0.15, -0.1) is 0 Å². The number of anilines is 1. The van der Waals surface area contributed by atoms with Crippen molar-refractivity contribution in [1.82, 2.24) is 14.7 Å². The summed E-state index contributed by atoms with van der Waals surface area (Å²) in [5.74, 6) is 0.869. The first-order valence-electron chi connectivity index (χ1n) is 6.50. The molecule has 1 rings (SSSR count). The molecule has 19 heavy (non-hydrogen) atoms. The first kappa shape index (κ1) is 15.5. The SMILES string of the molecule is CCCN(CC(=O)N(C)C)c1c(CO)c(C)nn1C. The van der Waals surface area contributed by atoms with E-state index in [1.165, 1.54) is 0 Å². The molecular formula is C13H24N4O2. The number of aromatic nitrogens is 2. The van der Waals surface area contributed by atoms with Gasteiger partial charge < -0.3 is 14.9 Å². The molecule has 1 N–H and O–H groups in total. The summed E-state index contributed by atoms with van der Waals surface area (Å²) in [5.41, 5.74) is 1.60. The summed E-state index contributed by atoms with van der Waals surface area (Å²) in [7, 11) is 5.33. The standard InChI is InChI=1S/C13H24N4O2/c1-6-7-17(8-12(19)15(3)4)13-11(9-18)10(2)14-16(13)5/h18H,6-9H2,1-5H3. The molecule has 1 aromatic rings. The van der Waals surface area contributed by atoms with E-state index in [4.69, 9.17) is 0 Å². The van der Waals surface area contributed by atoms with Gasteiger partial charge in [0.25, 0.3) is 0 Å². The summed E-state index contributed by atoms with van der Waals surface area (Å²) in [6.45, 7) is 4.92. The Labute approximate surface area is 114 Å². The van der Waals surface area contributed by atoms with Crippen LogP contribution in [0.2, 0.25) is 0 Å². The number of nitrogens with zero attached hydrogens (tertiary/aromatic N) is 4. The molecule has 0 atom stereocenters. The highest BCUT2D eigenvalue weighted by Gasteiger charge is 2.21. The van der Waals surface area contributed by atoms with Gasteiger partial charge >= 0.3 is 0 Å². The molecular weight excluding hydrogens is 244 g/mol. The highest BCUT2D eigenvalue weighted by Crippen LogP contribution is 2.23. The number of amides is 1. The van der Waals surface area contributed by atoms with Crippen molar-refractivity contribution in [2.45, 2.75) is 26.9 Å². The van der Waals surface area contributed by atoms with Gasteiger partial charge in [0.1, 0.15) is 5.82 Å². The molecule has 0 aliphatic carbocycles. The minimum atomic E-state index is -0.0641. The molecule has 1 heterocycles. The zero-order valence-electron chi connectivity index (χ0n) is 12.5. The maximum atomic E-state index is 11.9. The number of carbonyl (C=O) groups is 1. The van der Waals surface area contributed by atoms with Gasteiger partial charge in [0, 0.05) is 33.3 Å². The van der Waals surface area contributed by atoms with Crippen LogP contribution in [0.3, 0.4) is 0 Å². The number of likely N-dealkylation sites (N-methyl/N-ethyl adjacent to an activating group) is 1. The van der Waals surface area contributed by atoms with Gasteiger partial charge in [0.05, 0.1) is 18.8 Å². The molecule has 0 saturated heterocycles. The fraction of sp³-hybridized carbons (Fsp3) is 0.692. The molecule has 108 valence electrons. The van der Waals surface area contributed by atoms with Crippen molar-refractivity contribution < 1.29 is 9.90 Å². The van der Waals surface area contributed by atoms with Crippen LogP contribution < -0.4 is 4.90 Å². The van der Waals surface area contributed by atoms with Crippen molar-refractivity contribution in [2.24, 2.45) is 7.05 Å². The highest BCUT2D eigenvalue weighted by atomic mass is 16.3. The molecule has 0 aromatic carbocycles. The van der Waals surface area contributed by atoms with Gasteiger partial charge in [-0.3, -0.25) is 9.48 Å². The first-order valence-corrected chi connectivity index (χ1v) is 6.50. The number of hydrogen-bond donors (Lipinski definition) is 1. The molecule has 6 nitrogen and oxygen atoms in total. The predicted octanol–water partition coefficient (Wildman–Crippen LogP) is 0.525. The van der Waals surface area contributed by atoms with Crippen LogP contribution in [0.5, 0.6) is 0 Å². The lowest BCUT2D eigenvalue weighted by molar-refractivity contribution is -0.127. The van der Waals surface area contributed by atoms with Crippen molar-refractivity contribution in [3.8, 4) is 0 Å². The minimum absolute atomic E-state index is 0.0381. The number of aryl methyl sites for hydroxylation is 2. The molecule has 0 spiro atoms. The Morgan fingerprint density at radius 3 is 2.53 bits per heavy atom. The fourth-order valence-electron chi connectivity index (χ4n) is 2.10. The third kappa shape index (κ3) is 3.47. The van der Waals surface area contributed by atoms with E-state index < -0.39 is 0 Å². The second-order valence-corrected chi connectivity index (χ2v) is 4.88. The van der Waals surface area contributed by atoms with Crippen LogP contribution in [0, 0.1) is 6.92 Å². The Hall–Kier alpha value is -1.56. The van der Waals surface area contributed by atoms with Crippen molar-refractivity contribution in [1.29, 1.82) is 0 Å². The van der Waals surface area contributed by atoms with Crippen LogP contribution in [0.4, 0.5) is 5.82 Å². The zero-order valence-corrected chi connectivity index (χ0v) is 12.5. The summed E-state index contributed by atoms with van der Waals surface area (Å²) in [4.78, 5) is 15.5. The second-order valence-electron chi connectivity index (χ2n) is 4.88. The Kier molecular flexibility index (Phi) is 5.35. The van der Waals surface area contributed by atoms with Crippen LogP contribution in [0.1, 0.15) is 24.6 Å². The van der Waals surface area contributed by atoms with Crippen LogP contribution in [-0.2, 0) is 18.4 Å². The largest absolute Gasteiger partial charge is 0.391 e. The lowest BCUT2D eigenvalue weighted by Gasteiger charge is -2.26. The lowest BCUT2D eigenvalue weighted by atomic mass is 10.2. The van der Waals surface area contributed by atoms with Gasteiger partial charge in [-0.05, 0) is 13.3 Å². The van der Waals surface area contributed by atoms with Crippen molar-refractivity contribution >= 4 is 11.7 Å². The topological polar surface area (TPSA) is 61.6 Å². The molecule has 0 radical (unpaired) electrons. The van der Waals surface area contributed by atoms with E-state index in [0.717, 1.165) is 30.0 Å². The quantitative estimate of drug-likeness (QED) is 0.817. The molecule has 0 fully saturated rings. The maximum Gasteiger partial charge on any atom is 0.241 e. The van der Waals surface area contributed by atoms with E-state index in [-0.39, 0.29) is 12.5 Å². The summed E-state index contributed by atoms with van der Waals surface area (Å²) in [5, 5.41) is 13.8. The predicted molar refractivity (Wildman–Crippen MR) is 75.1 cm³/mol. The number of aliphatic hydroxyl groups is 1. The Morgan fingerprint density at radius 2 is 2.05 bits per heavy atom. The molecule has 0 saturated carbocycles. The second kappa shape index (κ2) is 6.56. The monoisotopic (exact) mass is 268 g/mol. The number of carbonyl (C=O) groups excluding carboxylic acids is 1. The van der Waals surface area contributed by atoms with E-state index >= 15 is 0 Å². The Balaban J connectivity index is 3.08. The van der Waals surface area contributed by atoms with Crippen LogP contribution >= 0.6 is 0 Å². The summed E-state index contributed by atoms with van der Waals surface area (Å²) in [6.07, 6.45) is 0.926. The minimum Gasteiger partial charge on any atom is -0.391 e. The third-order valence-electron chi connectivity index (χ3n) is 3.09. The van der Waals surface area contributed by atoms with E-state index in [1.54, 1.807) is 23.7 Å². The van der Waals surface area contributed by atoms with Crippen molar-refractivity contribution in [3.05, 3.63) is 11.3 Å². The summed E-state index contributed by atoms with van der Waals surface area (Å²) in [6, 6.07) is 0. The van der Waals surface area contributed by atoms with E-state index in [9.17, 15) is 9.90 Å². The van der Waals surface area contributed by atoms with E-state index in [0.29, 0.717) is 6.54 Å². The highest BCUT2D eigenvalue weighted by molar-refractivity contribution is 5.81. The number of hydrogen-bond acceptors (Lipinski definition) is 4. The van der Waals surface area contributed by atoms with Gasteiger partial charge in [0.2, 0.25) is 5.91 Å². The summed E-state index contributed by atoms with van der Waals surface area (Å²) >= 11 is 0. The molecule has 1 aromatic heterocycles. The number of rotatable bonds is 6. The van der Waals surface area contributed by atoms with Crippen LogP contribution in [-0.4, -0.2) is 52.9 Å². The fourth-order valence-corrected chi connectivity index (χ4v) is 2.10. The average molecular weight is 268 g/mol. The average Bonchev–Trinajstić information content (AvgIpc) is 2.62. The number of aliphatic hydroxyl groups excluding tert-OH is 1. The maximum absolute atomic E-state index is 11.9. The van der Waals surface area contributed by atoms with Crippen LogP contribution in [0.15, 0.2) is 0 Å². The Morgan fingerprint density at radius 1 is 1.42 bits per heavy atom. The smallest absolute Gasteiger partial charge is 0.241 e. The van der Waals surface area contributed by atoms with Gasteiger partial charge in [-0.1, -0.05) is 6.92 Å². The molecule has 0 bridgehead atoms. The Bertz CT molecular complexity index is 440. The molecule has 0 aliphatic rings. The van der Waals surface area contributed by atoms with E-state index in [1.807, 2.05) is 18.9 Å². The molecule has 6 heteroatoms. The molecule has 0 unspecified atom stereocenters. The van der Waals surface area contributed by atoms with Gasteiger partial charge in [0.15, 0.2) is 0 Å². The van der Waals surface area contributed by atoms with Crippen molar-refractivity contribution in [2.75, 3.05) is 32.1 Å². The van der Waals surface area contributed by atoms with Gasteiger partial charge in [-0.2, -0.15) is 5.10 Å². The van der Waals surface area contributed by atoms with Gasteiger partial charge in [-0.25, -0.2) is 0 Å². The third-order valence-corrected chi connectivity index (χ3v) is 3.09. The molecule has 1 amide bonds. The summed E-state index contributed by atoms with van der Waals surface area (Å²) < 4.78 is 1.74.